The van der Waals surface area contributed by atoms with Gasteiger partial charge in [0.05, 0.1) is 12.6 Å². The van der Waals surface area contributed by atoms with Gasteiger partial charge in [0.25, 0.3) is 5.89 Å². The lowest BCUT2D eigenvalue weighted by Crippen LogP contribution is -2.22. The molecular formula is C11H19N3O3. The number of rotatable bonds is 5. The molecule has 2 heterocycles. The zero-order valence-corrected chi connectivity index (χ0v) is 10.3. The first-order chi connectivity index (χ1) is 8.15. The highest BCUT2D eigenvalue weighted by Crippen LogP contribution is 2.34. The molecule has 1 aliphatic rings. The van der Waals surface area contributed by atoms with Crippen molar-refractivity contribution in [2.24, 2.45) is 5.73 Å². The molecule has 0 aliphatic carbocycles. The smallest absolute Gasteiger partial charge is 0.258 e. The zero-order valence-electron chi connectivity index (χ0n) is 10.3. The van der Waals surface area contributed by atoms with E-state index >= 15 is 0 Å². The van der Waals surface area contributed by atoms with Crippen molar-refractivity contribution in [3.63, 3.8) is 0 Å². The van der Waals surface area contributed by atoms with Crippen molar-refractivity contribution in [1.82, 2.24) is 10.1 Å². The van der Waals surface area contributed by atoms with Crippen molar-refractivity contribution in [3.05, 3.63) is 11.7 Å². The van der Waals surface area contributed by atoms with E-state index in [9.17, 15) is 0 Å². The summed E-state index contributed by atoms with van der Waals surface area (Å²) in [5.74, 6) is 0.988. The van der Waals surface area contributed by atoms with E-state index in [0.29, 0.717) is 24.9 Å². The average molecular weight is 241 g/mol. The third-order valence-corrected chi connectivity index (χ3v) is 2.95. The highest BCUT2D eigenvalue weighted by Gasteiger charge is 2.37. The Balaban J connectivity index is 2.05. The average Bonchev–Trinajstić information content (AvgIpc) is 2.95. The van der Waals surface area contributed by atoms with Gasteiger partial charge in [0.1, 0.15) is 5.60 Å². The summed E-state index contributed by atoms with van der Waals surface area (Å²) in [6.07, 6.45) is 1.91. The van der Waals surface area contributed by atoms with Crippen LogP contribution in [0.5, 0.6) is 0 Å². The molecule has 0 aromatic carbocycles. The van der Waals surface area contributed by atoms with Crippen molar-refractivity contribution in [3.8, 4) is 0 Å². The van der Waals surface area contributed by atoms with Gasteiger partial charge in [0.15, 0.2) is 5.82 Å². The lowest BCUT2D eigenvalue weighted by molar-refractivity contribution is -0.00937. The highest BCUT2D eigenvalue weighted by atomic mass is 16.5. The van der Waals surface area contributed by atoms with Gasteiger partial charge in [-0.2, -0.15) is 4.98 Å². The number of ether oxygens (including phenoxy) is 2. The molecule has 2 unspecified atom stereocenters. The molecule has 1 aromatic heterocycles. The number of nitrogens with zero attached hydrogens (tertiary/aromatic N) is 2. The van der Waals surface area contributed by atoms with E-state index in [1.54, 1.807) is 0 Å². The maximum absolute atomic E-state index is 5.89. The number of hydrogen-bond acceptors (Lipinski definition) is 6. The van der Waals surface area contributed by atoms with E-state index in [2.05, 4.69) is 10.1 Å². The van der Waals surface area contributed by atoms with Crippen LogP contribution in [-0.2, 0) is 15.1 Å². The maximum atomic E-state index is 5.89. The van der Waals surface area contributed by atoms with Crippen LogP contribution in [0.3, 0.4) is 0 Å². The fourth-order valence-corrected chi connectivity index (χ4v) is 1.87. The van der Waals surface area contributed by atoms with Gasteiger partial charge in [0.2, 0.25) is 0 Å². The van der Waals surface area contributed by atoms with Crippen molar-refractivity contribution >= 4 is 0 Å². The van der Waals surface area contributed by atoms with Gasteiger partial charge < -0.3 is 19.7 Å². The van der Waals surface area contributed by atoms with Gasteiger partial charge in [-0.1, -0.05) is 5.16 Å². The molecule has 0 amide bonds. The predicted octanol–water partition coefficient (Wildman–Crippen LogP) is 1.13. The zero-order chi connectivity index (χ0) is 12.3. The van der Waals surface area contributed by atoms with Crippen LogP contribution < -0.4 is 5.73 Å². The Kier molecular flexibility index (Phi) is 3.76. The van der Waals surface area contributed by atoms with Gasteiger partial charge in [-0.15, -0.1) is 0 Å². The topological polar surface area (TPSA) is 83.4 Å². The van der Waals surface area contributed by atoms with Crippen molar-refractivity contribution in [1.29, 1.82) is 0 Å². The van der Waals surface area contributed by atoms with Crippen LogP contribution in [0.1, 0.15) is 44.4 Å². The first-order valence-corrected chi connectivity index (χ1v) is 5.97. The molecule has 0 saturated carbocycles. The summed E-state index contributed by atoms with van der Waals surface area (Å²) < 4.78 is 16.1. The van der Waals surface area contributed by atoms with Crippen LogP contribution in [0.4, 0.5) is 0 Å². The molecular weight excluding hydrogens is 222 g/mol. The quantitative estimate of drug-likeness (QED) is 0.832. The summed E-state index contributed by atoms with van der Waals surface area (Å²) in [5, 5.41) is 3.89. The summed E-state index contributed by atoms with van der Waals surface area (Å²) in [5.41, 5.74) is 5.44. The number of hydrogen-bond donors (Lipinski definition) is 1. The molecule has 1 aromatic rings. The summed E-state index contributed by atoms with van der Waals surface area (Å²) in [4.78, 5) is 4.31. The van der Waals surface area contributed by atoms with Gasteiger partial charge in [-0.05, 0) is 26.7 Å². The molecule has 1 fully saturated rings. The van der Waals surface area contributed by atoms with Crippen molar-refractivity contribution in [2.45, 2.75) is 38.3 Å². The lowest BCUT2D eigenvalue weighted by atomic mass is 10.0. The second-order valence-corrected chi connectivity index (χ2v) is 4.41. The fraction of sp³-hybridized carbons (Fsp3) is 0.818. The molecule has 1 aliphatic heterocycles. The van der Waals surface area contributed by atoms with Crippen molar-refractivity contribution < 1.29 is 14.0 Å². The summed E-state index contributed by atoms with van der Waals surface area (Å²) in [6.45, 7) is 5.64. The second kappa shape index (κ2) is 5.12. The van der Waals surface area contributed by atoms with Crippen LogP contribution in [0.25, 0.3) is 0 Å². The Morgan fingerprint density at radius 1 is 1.59 bits per heavy atom. The summed E-state index contributed by atoms with van der Waals surface area (Å²) in [7, 11) is 0. The Bertz CT molecular complexity index is 361. The Morgan fingerprint density at radius 2 is 2.41 bits per heavy atom. The van der Waals surface area contributed by atoms with Gasteiger partial charge in [0, 0.05) is 13.2 Å². The molecule has 96 valence electrons. The number of nitrogens with two attached hydrogens (primary N) is 1. The predicted molar refractivity (Wildman–Crippen MR) is 60.3 cm³/mol. The molecule has 1 saturated heterocycles. The third kappa shape index (κ3) is 2.65. The normalized spacial score (nSPS) is 26.3. The minimum Gasteiger partial charge on any atom is -0.380 e. The van der Waals surface area contributed by atoms with Gasteiger partial charge in [-0.3, -0.25) is 0 Å². The molecule has 17 heavy (non-hydrogen) atoms. The van der Waals surface area contributed by atoms with E-state index in [0.717, 1.165) is 19.4 Å². The van der Waals surface area contributed by atoms with Crippen LogP contribution in [0.15, 0.2) is 4.52 Å². The molecule has 6 nitrogen and oxygen atoms in total. The number of aromatic nitrogens is 2. The minimum atomic E-state index is -0.448. The summed E-state index contributed by atoms with van der Waals surface area (Å²) >= 11 is 0. The van der Waals surface area contributed by atoms with Crippen LogP contribution in [0, 0.1) is 0 Å². The highest BCUT2D eigenvalue weighted by molar-refractivity contribution is 5.02. The first kappa shape index (κ1) is 12.5. The standard InChI is InChI=1S/C11H19N3O3/c1-3-15-7-8(12)9-13-10(17-14-9)11(2)5-4-6-16-11/h8H,3-7,12H2,1-2H3. The van der Waals surface area contributed by atoms with E-state index in [1.165, 1.54) is 0 Å². The van der Waals surface area contributed by atoms with E-state index in [-0.39, 0.29) is 6.04 Å². The monoisotopic (exact) mass is 241 g/mol. The molecule has 6 heteroatoms. The molecule has 2 atom stereocenters. The molecule has 0 radical (unpaired) electrons. The molecule has 2 N–H and O–H groups in total. The third-order valence-electron chi connectivity index (χ3n) is 2.95. The largest absolute Gasteiger partial charge is 0.380 e. The lowest BCUT2D eigenvalue weighted by Gasteiger charge is -2.17. The van der Waals surface area contributed by atoms with Gasteiger partial charge in [-0.25, -0.2) is 0 Å². The van der Waals surface area contributed by atoms with Gasteiger partial charge >= 0.3 is 0 Å². The van der Waals surface area contributed by atoms with E-state index in [4.69, 9.17) is 19.7 Å². The Hall–Kier alpha value is -0.980. The second-order valence-electron chi connectivity index (χ2n) is 4.41. The molecule has 0 spiro atoms. The van der Waals surface area contributed by atoms with Crippen molar-refractivity contribution in [2.75, 3.05) is 19.8 Å². The first-order valence-electron chi connectivity index (χ1n) is 5.97. The summed E-state index contributed by atoms with van der Waals surface area (Å²) in [6, 6.07) is -0.350. The maximum Gasteiger partial charge on any atom is 0.258 e. The van der Waals surface area contributed by atoms with Crippen LogP contribution in [-0.4, -0.2) is 30.0 Å². The molecule has 0 bridgehead atoms. The van der Waals surface area contributed by atoms with Crippen LogP contribution >= 0.6 is 0 Å². The molecule has 2 rings (SSSR count). The minimum absolute atomic E-state index is 0.350. The Morgan fingerprint density at radius 3 is 3.06 bits per heavy atom. The van der Waals surface area contributed by atoms with E-state index in [1.807, 2.05) is 13.8 Å². The van der Waals surface area contributed by atoms with E-state index < -0.39 is 5.60 Å². The Labute approximate surface area is 100 Å². The van der Waals surface area contributed by atoms with Crippen LogP contribution in [0.2, 0.25) is 0 Å². The SMILES string of the molecule is CCOCC(N)c1noc(C2(C)CCCO2)n1. The fourth-order valence-electron chi connectivity index (χ4n) is 1.87.